The zero-order valence-corrected chi connectivity index (χ0v) is 13.0. The van der Waals surface area contributed by atoms with Crippen LogP contribution >= 0.6 is 0 Å². The van der Waals surface area contributed by atoms with Crippen LogP contribution in [-0.2, 0) is 0 Å². The van der Waals surface area contributed by atoms with E-state index in [1.54, 1.807) is 14.2 Å². The van der Waals surface area contributed by atoms with Crippen LogP contribution in [0.15, 0.2) is 42.5 Å². The number of hydrogen-bond acceptors (Lipinski definition) is 4. The highest BCUT2D eigenvalue weighted by atomic mass is 16.5. The Balaban J connectivity index is 2.15. The van der Waals surface area contributed by atoms with E-state index in [4.69, 9.17) is 15.2 Å². The van der Waals surface area contributed by atoms with Gasteiger partial charge in [-0.25, -0.2) is 5.32 Å². The Kier molecular flexibility index (Phi) is 3.63. The summed E-state index contributed by atoms with van der Waals surface area (Å²) in [4.78, 5) is 0. The van der Waals surface area contributed by atoms with E-state index in [-0.39, 0.29) is 6.04 Å². The number of para-hydroxylation sites is 1. The number of hydrogen-bond donors (Lipinski definition) is 2. The average molecular weight is 298 g/mol. The number of ether oxygens (including phenoxy) is 2. The molecule has 2 aromatic rings. The fourth-order valence-corrected chi connectivity index (χ4v) is 2.85. The van der Waals surface area contributed by atoms with E-state index in [0.717, 1.165) is 11.3 Å². The molecule has 0 amide bonds. The van der Waals surface area contributed by atoms with E-state index in [1.165, 1.54) is 5.56 Å². The molecular weight excluding hydrogens is 278 g/mol. The van der Waals surface area contributed by atoms with Gasteiger partial charge in [0.2, 0.25) is 0 Å². The second-order valence-corrected chi connectivity index (χ2v) is 5.23. The predicted octanol–water partition coefficient (Wildman–Crippen LogP) is 2.18. The third-order valence-electron chi connectivity index (χ3n) is 4.01. The average Bonchev–Trinajstić information content (AvgIpc) is 2.55. The van der Waals surface area contributed by atoms with E-state index in [9.17, 15) is 0 Å². The zero-order chi connectivity index (χ0) is 15.7. The Morgan fingerprint density at radius 1 is 1.05 bits per heavy atom. The van der Waals surface area contributed by atoms with Gasteiger partial charge < -0.3 is 9.47 Å². The highest BCUT2D eigenvalue weighted by molar-refractivity contribution is 5.91. The molecule has 0 aliphatic carbocycles. The summed E-state index contributed by atoms with van der Waals surface area (Å²) >= 11 is 0. The van der Waals surface area contributed by atoms with Crippen molar-refractivity contribution in [1.82, 2.24) is 0 Å². The van der Waals surface area contributed by atoms with Gasteiger partial charge in [-0.3, -0.25) is 10.3 Å². The highest BCUT2D eigenvalue weighted by Gasteiger charge is 2.30. The van der Waals surface area contributed by atoms with Gasteiger partial charge >= 0.3 is 5.96 Å². The lowest BCUT2D eigenvalue weighted by molar-refractivity contribution is -0.535. The number of rotatable bonds is 3. The molecule has 0 radical (unpaired) electrons. The van der Waals surface area contributed by atoms with Gasteiger partial charge in [0.15, 0.2) is 11.5 Å². The van der Waals surface area contributed by atoms with Crippen LogP contribution in [0.5, 0.6) is 11.5 Å². The molecule has 0 aromatic heterocycles. The van der Waals surface area contributed by atoms with E-state index in [2.05, 4.69) is 11.4 Å². The van der Waals surface area contributed by atoms with E-state index < -0.39 is 0 Å². The molecule has 0 fully saturated rings. The van der Waals surface area contributed by atoms with Gasteiger partial charge in [-0.05, 0) is 23.8 Å². The summed E-state index contributed by atoms with van der Waals surface area (Å²) in [6.45, 7) is 0. The molecule has 2 aromatic carbocycles. The van der Waals surface area contributed by atoms with E-state index >= 15 is 0 Å². The van der Waals surface area contributed by atoms with Crippen molar-refractivity contribution in [3.63, 3.8) is 0 Å². The first kappa shape index (κ1) is 14.3. The summed E-state index contributed by atoms with van der Waals surface area (Å²) in [6, 6.07) is 14.1. The van der Waals surface area contributed by atoms with Gasteiger partial charge in [0, 0.05) is 5.56 Å². The molecule has 1 aliphatic rings. The molecule has 114 valence electrons. The van der Waals surface area contributed by atoms with Crippen LogP contribution in [0, 0.1) is 0 Å². The first-order chi connectivity index (χ1) is 10.7. The Labute approximate surface area is 130 Å². The molecule has 3 N–H and O–H groups in total. The number of methoxy groups -OCH3 is 2. The Bertz CT molecular complexity index is 740. The second-order valence-electron chi connectivity index (χ2n) is 5.23. The topological polar surface area (TPSA) is 59.5 Å². The van der Waals surface area contributed by atoms with Crippen molar-refractivity contribution in [3.05, 3.63) is 53.6 Å². The minimum absolute atomic E-state index is 0.0252. The Hall–Kier alpha value is -2.69. The number of nitrogens with zero attached hydrogens (tertiary/aromatic N) is 1. The Morgan fingerprint density at radius 3 is 2.50 bits per heavy atom. The normalized spacial score (nSPS) is 16.8. The quantitative estimate of drug-likeness (QED) is 0.853. The van der Waals surface area contributed by atoms with Crippen LogP contribution in [0.4, 0.5) is 5.69 Å². The van der Waals surface area contributed by atoms with Gasteiger partial charge in [0.25, 0.3) is 0 Å². The van der Waals surface area contributed by atoms with Crippen LogP contribution in [0.1, 0.15) is 17.2 Å². The van der Waals surface area contributed by atoms with Crippen molar-refractivity contribution in [2.45, 2.75) is 6.04 Å². The summed E-state index contributed by atoms with van der Waals surface area (Å²) in [5.41, 5.74) is 9.42. The summed E-state index contributed by atoms with van der Waals surface area (Å²) in [7, 11) is 5.25. The van der Waals surface area contributed by atoms with E-state index in [1.807, 2.05) is 48.0 Å². The number of nitrogens with one attached hydrogen (secondary N) is 1. The van der Waals surface area contributed by atoms with Gasteiger partial charge in [-0.15, -0.1) is 0 Å². The summed E-state index contributed by atoms with van der Waals surface area (Å²) in [5.74, 6) is 2.05. The van der Waals surface area contributed by atoms with Crippen LogP contribution in [0.25, 0.3) is 0 Å². The van der Waals surface area contributed by atoms with Crippen molar-refractivity contribution in [2.24, 2.45) is 5.73 Å². The molecule has 5 nitrogen and oxygen atoms in total. The number of benzene rings is 2. The van der Waals surface area contributed by atoms with Crippen LogP contribution < -0.4 is 20.5 Å². The molecule has 1 heterocycles. The molecule has 0 saturated heterocycles. The Morgan fingerprint density at radius 2 is 1.77 bits per heavy atom. The summed E-state index contributed by atoms with van der Waals surface area (Å²) in [5, 5.41) is 3.22. The number of guanidine groups is 1. The third-order valence-corrected chi connectivity index (χ3v) is 4.01. The van der Waals surface area contributed by atoms with Crippen molar-refractivity contribution in [1.29, 1.82) is 0 Å². The number of nitrogens with two attached hydrogens (primary N) is 1. The molecule has 0 saturated carbocycles. The maximum atomic E-state index is 6.12. The predicted molar refractivity (Wildman–Crippen MR) is 86.8 cm³/mol. The smallest absolute Gasteiger partial charge is 0.348 e. The van der Waals surface area contributed by atoms with E-state index in [0.29, 0.717) is 17.5 Å². The molecule has 1 aliphatic heterocycles. The minimum atomic E-state index is 0.0252. The van der Waals surface area contributed by atoms with Crippen molar-refractivity contribution >= 4 is 11.6 Å². The zero-order valence-electron chi connectivity index (χ0n) is 13.0. The largest absolute Gasteiger partial charge is 0.493 e. The lowest BCUT2D eigenvalue weighted by Crippen LogP contribution is -2.39. The number of anilines is 1. The third kappa shape index (κ3) is 2.24. The first-order valence-electron chi connectivity index (χ1n) is 7.09. The molecule has 0 spiro atoms. The van der Waals surface area contributed by atoms with Crippen molar-refractivity contribution in [3.8, 4) is 11.5 Å². The van der Waals surface area contributed by atoms with Gasteiger partial charge in [-0.2, -0.15) is 0 Å². The molecule has 0 bridgehead atoms. The van der Waals surface area contributed by atoms with Gasteiger partial charge in [-0.1, -0.05) is 24.3 Å². The second kappa shape index (κ2) is 5.60. The highest BCUT2D eigenvalue weighted by Crippen LogP contribution is 2.37. The fraction of sp³-hybridized carbons (Fsp3) is 0.235. The molecule has 22 heavy (non-hydrogen) atoms. The van der Waals surface area contributed by atoms with Crippen molar-refractivity contribution < 1.29 is 14.0 Å². The molecule has 3 rings (SSSR count). The van der Waals surface area contributed by atoms with Crippen LogP contribution in [-0.4, -0.2) is 31.8 Å². The maximum absolute atomic E-state index is 6.12. The minimum Gasteiger partial charge on any atom is -0.493 e. The monoisotopic (exact) mass is 298 g/mol. The summed E-state index contributed by atoms with van der Waals surface area (Å²) in [6.07, 6.45) is 0. The van der Waals surface area contributed by atoms with Crippen LogP contribution in [0.3, 0.4) is 0 Å². The van der Waals surface area contributed by atoms with Gasteiger partial charge in [0.05, 0.1) is 21.3 Å². The molecular formula is C17H20N3O2+. The van der Waals surface area contributed by atoms with Crippen LogP contribution in [0.2, 0.25) is 0 Å². The SMILES string of the molecule is COc1ccc(C2c3ccccc3NC(N)=[N+]2C)cc1OC. The lowest BCUT2D eigenvalue weighted by Gasteiger charge is -2.26. The fourth-order valence-electron chi connectivity index (χ4n) is 2.85. The maximum Gasteiger partial charge on any atom is 0.348 e. The first-order valence-corrected chi connectivity index (χ1v) is 7.09. The molecule has 1 atom stereocenters. The molecule has 5 heteroatoms. The van der Waals surface area contributed by atoms with Gasteiger partial charge in [0.1, 0.15) is 11.7 Å². The standard InChI is InChI=1S/C17H19N3O2/c1-20-16(11-8-9-14(21-2)15(10-11)22-3)12-6-4-5-7-13(12)19-17(20)18/h4-10,16H,1-3H3,(H2,18,19)/p+1. The summed E-state index contributed by atoms with van der Waals surface area (Å²) < 4.78 is 12.8. The number of fused-ring (bicyclic) bond motifs is 1. The molecule has 1 unspecified atom stereocenters. The van der Waals surface area contributed by atoms with Crippen molar-refractivity contribution in [2.75, 3.05) is 26.6 Å². The lowest BCUT2D eigenvalue weighted by atomic mass is 9.95.